The third-order valence-electron chi connectivity index (χ3n) is 2.32. The molecule has 18 heavy (non-hydrogen) atoms. The van der Waals surface area contributed by atoms with E-state index < -0.39 is 17.0 Å². The van der Waals surface area contributed by atoms with Crippen molar-refractivity contribution >= 4 is 17.7 Å². The number of carboxylic acid groups (broad SMARTS) is 1. The van der Waals surface area contributed by atoms with Crippen LogP contribution < -0.4 is 4.74 Å². The summed E-state index contributed by atoms with van der Waals surface area (Å²) in [5.74, 6) is -0.443. The Morgan fingerprint density at radius 1 is 1.44 bits per heavy atom. The van der Waals surface area contributed by atoms with Crippen molar-refractivity contribution < 1.29 is 19.0 Å². The standard InChI is InChI=1S/C13H17FO3S/c1-9(2)12(13(15)16)18-8-7-17-11-6-4-3-5-10(11)14/h3-6,9,12H,7-8H2,1-2H3,(H,15,16). The van der Waals surface area contributed by atoms with E-state index in [0.29, 0.717) is 12.4 Å². The molecule has 5 heteroatoms. The van der Waals surface area contributed by atoms with Crippen LogP contribution in [0.4, 0.5) is 4.39 Å². The number of ether oxygens (including phenoxy) is 1. The largest absolute Gasteiger partial charge is 0.490 e. The molecule has 0 aliphatic rings. The normalized spacial score (nSPS) is 12.4. The lowest BCUT2D eigenvalue weighted by Gasteiger charge is -2.15. The number of benzene rings is 1. The van der Waals surface area contributed by atoms with Crippen molar-refractivity contribution in [3.63, 3.8) is 0 Å². The van der Waals surface area contributed by atoms with Gasteiger partial charge in [0.1, 0.15) is 5.25 Å². The van der Waals surface area contributed by atoms with Crippen LogP contribution in [-0.4, -0.2) is 28.7 Å². The Bertz CT molecular complexity index is 396. The molecule has 0 aliphatic heterocycles. The van der Waals surface area contributed by atoms with Crippen LogP contribution in [0.2, 0.25) is 0 Å². The van der Waals surface area contributed by atoms with Crippen LogP contribution in [0.5, 0.6) is 5.75 Å². The smallest absolute Gasteiger partial charge is 0.316 e. The number of para-hydroxylation sites is 1. The Balaban J connectivity index is 2.34. The molecule has 0 saturated heterocycles. The van der Waals surface area contributed by atoms with E-state index in [2.05, 4.69) is 0 Å². The van der Waals surface area contributed by atoms with Gasteiger partial charge < -0.3 is 9.84 Å². The summed E-state index contributed by atoms with van der Waals surface area (Å²) in [6.45, 7) is 4.02. The highest BCUT2D eigenvalue weighted by atomic mass is 32.2. The van der Waals surface area contributed by atoms with Crippen molar-refractivity contribution in [2.75, 3.05) is 12.4 Å². The number of aliphatic carboxylic acids is 1. The molecule has 0 bridgehead atoms. The number of thioether (sulfide) groups is 1. The molecule has 1 N–H and O–H groups in total. The van der Waals surface area contributed by atoms with Gasteiger partial charge in [0.25, 0.3) is 0 Å². The van der Waals surface area contributed by atoms with E-state index in [9.17, 15) is 9.18 Å². The lowest BCUT2D eigenvalue weighted by molar-refractivity contribution is -0.137. The maximum Gasteiger partial charge on any atom is 0.316 e. The zero-order chi connectivity index (χ0) is 13.5. The molecule has 100 valence electrons. The van der Waals surface area contributed by atoms with Crippen molar-refractivity contribution in [3.8, 4) is 5.75 Å². The first kappa shape index (κ1) is 14.8. The summed E-state index contributed by atoms with van der Waals surface area (Å²) >= 11 is 1.32. The summed E-state index contributed by atoms with van der Waals surface area (Å²) < 4.78 is 18.5. The number of carboxylic acids is 1. The zero-order valence-electron chi connectivity index (χ0n) is 10.4. The molecule has 1 atom stereocenters. The van der Waals surface area contributed by atoms with Crippen LogP contribution in [0, 0.1) is 11.7 Å². The Labute approximate surface area is 110 Å². The number of rotatable bonds is 7. The fraction of sp³-hybridized carbons (Fsp3) is 0.462. The highest BCUT2D eigenvalue weighted by Crippen LogP contribution is 2.20. The van der Waals surface area contributed by atoms with Gasteiger partial charge in [0.05, 0.1) is 6.61 Å². The molecule has 1 aromatic carbocycles. The first-order valence-corrected chi connectivity index (χ1v) is 6.79. The molecule has 1 rings (SSSR count). The predicted octanol–water partition coefficient (Wildman–Crippen LogP) is 3.05. The number of carbonyl (C=O) groups is 1. The van der Waals surface area contributed by atoms with E-state index in [1.165, 1.54) is 17.8 Å². The van der Waals surface area contributed by atoms with Gasteiger partial charge >= 0.3 is 5.97 Å². The maximum absolute atomic E-state index is 13.2. The van der Waals surface area contributed by atoms with Gasteiger partial charge in [0, 0.05) is 5.75 Å². The summed E-state index contributed by atoms with van der Waals surface area (Å²) in [5.41, 5.74) is 0. The van der Waals surface area contributed by atoms with E-state index in [1.807, 2.05) is 13.8 Å². The van der Waals surface area contributed by atoms with Gasteiger partial charge in [-0.1, -0.05) is 26.0 Å². The predicted molar refractivity (Wildman–Crippen MR) is 70.6 cm³/mol. The van der Waals surface area contributed by atoms with Gasteiger partial charge in [-0.3, -0.25) is 4.79 Å². The van der Waals surface area contributed by atoms with E-state index in [4.69, 9.17) is 9.84 Å². The van der Waals surface area contributed by atoms with E-state index in [1.54, 1.807) is 18.2 Å². The lowest BCUT2D eigenvalue weighted by Crippen LogP contribution is -2.23. The molecule has 0 aromatic heterocycles. The SMILES string of the molecule is CC(C)C(SCCOc1ccccc1F)C(=O)O. The molecule has 3 nitrogen and oxygen atoms in total. The fourth-order valence-electron chi connectivity index (χ4n) is 1.44. The van der Waals surface area contributed by atoms with Gasteiger partial charge in [0.15, 0.2) is 11.6 Å². The van der Waals surface area contributed by atoms with Crippen LogP contribution in [0.3, 0.4) is 0 Å². The van der Waals surface area contributed by atoms with Gasteiger partial charge in [0.2, 0.25) is 0 Å². The summed E-state index contributed by atoms with van der Waals surface area (Å²) in [6.07, 6.45) is 0. The van der Waals surface area contributed by atoms with Crippen molar-refractivity contribution in [1.29, 1.82) is 0 Å². The summed E-state index contributed by atoms with van der Waals surface area (Å²) in [5, 5.41) is 8.53. The fourth-order valence-corrected chi connectivity index (χ4v) is 2.40. The quantitative estimate of drug-likeness (QED) is 0.775. The molecule has 1 aromatic rings. The monoisotopic (exact) mass is 272 g/mol. The van der Waals surface area contributed by atoms with Gasteiger partial charge in [-0.05, 0) is 18.1 Å². The number of hydrogen-bond donors (Lipinski definition) is 1. The molecule has 0 radical (unpaired) electrons. The Hall–Kier alpha value is -1.23. The molecule has 0 aliphatic carbocycles. The van der Waals surface area contributed by atoms with E-state index in [-0.39, 0.29) is 11.7 Å². The molecule has 0 spiro atoms. The number of hydrogen-bond acceptors (Lipinski definition) is 3. The Morgan fingerprint density at radius 3 is 2.67 bits per heavy atom. The van der Waals surface area contributed by atoms with Crippen LogP contribution in [-0.2, 0) is 4.79 Å². The molecule has 1 unspecified atom stereocenters. The molecule has 0 heterocycles. The topological polar surface area (TPSA) is 46.5 Å². The van der Waals surface area contributed by atoms with Gasteiger partial charge in [-0.25, -0.2) is 4.39 Å². The average Bonchev–Trinajstić information content (AvgIpc) is 2.30. The van der Waals surface area contributed by atoms with E-state index in [0.717, 1.165) is 0 Å². The first-order valence-electron chi connectivity index (χ1n) is 5.74. The second-order valence-electron chi connectivity index (χ2n) is 4.15. The van der Waals surface area contributed by atoms with E-state index >= 15 is 0 Å². The number of halogens is 1. The van der Waals surface area contributed by atoms with Crippen LogP contribution >= 0.6 is 11.8 Å². The average molecular weight is 272 g/mol. The third kappa shape index (κ3) is 4.56. The Kier molecular flexibility index (Phi) is 5.98. The maximum atomic E-state index is 13.2. The van der Waals surface area contributed by atoms with Crippen LogP contribution in [0.1, 0.15) is 13.8 Å². The van der Waals surface area contributed by atoms with Crippen molar-refractivity contribution in [1.82, 2.24) is 0 Å². The molecule has 0 fully saturated rings. The molecule has 0 saturated carbocycles. The highest BCUT2D eigenvalue weighted by Gasteiger charge is 2.21. The van der Waals surface area contributed by atoms with Crippen molar-refractivity contribution in [2.24, 2.45) is 5.92 Å². The first-order chi connectivity index (χ1) is 8.52. The lowest BCUT2D eigenvalue weighted by atomic mass is 10.1. The zero-order valence-corrected chi connectivity index (χ0v) is 11.2. The minimum absolute atomic E-state index is 0.0564. The van der Waals surface area contributed by atoms with Gasteiger partial charge in [-0.2, -0.15) is 0 Å². The highest BCUT2D eigenvalue weighted by molar-refractivity contribution is 8.00. The summed E-state index contributed by atoms with van der Waals surface area (Å²) in [6, 6.07) is 6.17. The van der Waals surface area contributed by atoms with Crippen LogP contribution in [0.15, 0.2) is 24.3 Å². The molecular formula is C13H17FO3S. The molecule has 0 amide bonds. The second kappa shape index (κ2) is 7.26. The minimum atomic E-state index is -0.819. The summed E-state index contributed by atoms with van der Waals surface area (Å²) in [4.78, 5) is 10.9. The van der Waals surface area contributed by atoms with Crippen molar-refractivity contribution in [2.45, 2.75) is 19.1 Å². The second-order valence-corrected chi connectivity index (χ2v) is 5.40. The Morgan fingerprint density at radius 2 is 2.11 bits per heavy atom. The van der Waals surface area contributed by atoms with Crippen LogP contribution in [0.25, 0.3) is 0 Å². The van der Waals surface area contributed by atoms with Gasteiger partial charge in [-0.15, -0.1) is 11.8 Å². The van der Waals surface area contributed by atoms with Crippen molar-refractivity contribution in [3.05, 3.63) is 30.1 Å². The molecular weight excluding hydrogens is 255 g/mol. The summed E-state index contributed by atoms with van der Waals surface area (Å²) in [7, 11) is 0. The minimum Gasteiger partial charge on any atom is -0.490 e. The third-order valence-corrected chi connectivity index (χ3v) is 3.83.